The van der Waals surface area contributed by atoms with Gasteiger partial charge in [-0.25, -0.2) is 9.97 Å². The molecule has 104 valence electrons. The number of aromatic nitrogens is 4. The number of rotatable bonds is 5. The average molecular weight is 261 g/mol. The Hall–Kier alpha value is -1.65. The molecule has 0 aliphatic heterocycles. The molecule has 2 heterocycles. The van der Waals surface area contributed by atoms with Gasteiger partial charge in [-0.1, -0.05) is 6.92 Å². The van der Waals surface area contributed by atoms with Gasteiger partial charge < -0.3 is 5.32 Å². The van der Waals surface area contributed by atoms with Gasteiger partial charge in [0.1, 0.15) is 16.9 Å². The molecule has 0 aliphatic carbocycles. The first-order chi connectivity index (χ1) is 9.06. The van der Waals surface area contributed by atoms with Crippen molar-refractivity contribution in [1.29, 1.82) is 0 Å². The minimum absolute atomic E-state index is 0.341. The van der Waals surface area contributed by atoms with Crippen LogP contribution in [0, 0.1) is 6.92 Å². The second-order valence-corrected chi connectivity index (χ2v) is 5.14. The number of aryl methyl sites for hydroxylation is 3. The van der Waals surface area contributed by atoms with Crippen molar-refractivity contribution < 1.29 is 0 Å². The highest BCUT2D eigenvalue weighted by Gasteiger charge is 2.16. The van der Waals surface area contributed by atoms with E-state index in [0.29, 0.717) is 6.04 Å². The zero-order chi connectivity index (χ0) is 14.0. The maximum Gasteiger partial charge on any atom is 0.156 e. The fourth-order valence-electron chi connectivity index (χ4n) is 2.21. The molecule has 5 nitrogen and oxygen atoms in total. The molecule has 0 aromatic carbocycles. The summed E-state index contributed by atoms with van der Waals surface area (Å²) in [7, 11) is 0. The normalized spacial score (nSPS) is 11.5. The molecule has 0 saturated heterocycles. The molecule has 0 atom stereocenters. The van der Waals surface area contributed by atoms with Gasteiger partial charge >= 0.3 is 0 Å². The SMILES string of the molecule is CCCc1nc(NC(C)C)c2c(n1)c(C)nn2CC. The van der Waals surface area contributed by atoms with Crippen molar-refractivity contribution in [1.82, 2.24) is 19.7 Å². The highest BCUT2D eigenvalue weighted by atomic mass is 15.3. The highest BCUT2D eigenvalue weighted by molar-refractivity contribution is 5.87. The van der Waals surface area contributed by atoms with Crippen LogP contribution in [0.5, 0.6) is 0 Å². The largest absolute Gasteiger partial charge is 0.366 e. The van der Waals surface area contributed by atoms with Gasteiger partial charge in [0.15, 0.2) is 5.82 Å². The van der Waals surface area contributed by atoms with Gasteiger partial charge in [-0.3, -0.25) is 4.68 Å². The first-order valence-electron chi connectivity index (χ1n) is 7.07. The summed E-state index contributed by atoms with van der Waals surface area (Å²) < 4.78 is 1.98. The Morgan fingerprint density at radius 1 is 1.21 bits per heavy atom. The number of nitrogens with zero attached hydrogens (tertiary/aromatic N) is 4. The summed E-state index contributed by atoms with van der Waals surface area (Å²) in [5, 5.41) is 7.97. The van der Waals surface area contributed by atoms with Crippen LogP contribution in [0.4, 0.5) is 5.82 Å². The number of hydrogen-bond donors (Lipinski definition) is 1. The average Bonchev–Trinajstić information content (AvgIpc) is 2.66. The summed E-state index contributed by atoms with van der Waals surface area (Å²) in [6, 6.07) is 0.341. The van der Waals surface area contributed by atoms with Gasteiger partial charge in [-0.15, -0.1) is 0 Å². The number of nitrogens with one attached hydrogen (secondary N) is 1. The third kappa shape index (κ3) is 2.69. The van der Waals surface area contributed by atoms with Crippen LogP contribution in [-0.2, 0) is 13.0 Å². The van der Waals surface area contributed by atoms with E-state index in [4.69, 9.17) is 0 Å². The molecule has 0 amide bonds. The Labute approximate surface area is 114 Å². The molecule has 0 spiro atoms. The molecule has 2 aromatic rings. The maximum atomic E-state index is 4.67. The van der Waals surface area contributed by atoms with Crippen LogP contribution in [0.1, 0.15) is 45.6 Å². The van der Waals surface area contributed by atoms with Crippen molar-refractivity contribution in [3.63, 3.8) is 0 Å². The minimum atomic E-state index is 0.341. The third-order valence-electron chi connectivity index (χ3n) is 3.00. The molecule has 0 saturated carbocycles. The summed E-state index contributed by atoms with van der Waals surface area (Å²) in [6.07, 6.45) is 1.95. The Kier molecular flexibility index (Phi) is 4.02. The van der Waals surface area contributed by atoms with Gasteiger partial charge in [0.2, 0.25) is 0 Å². The van der Waals surface area contributed by atoms with Crippen LogP contribution in [-0.4, -0.2) is 25.8 Å². The van der Waals surface area contributed by atoms with Crippen LogP contribution in [0.2, 0.25) is 0 Å². The van der Waals surface area contributed by atoms with E-state index in [2.05, 4.69) is 48.1 Å². The monoisotopic (exact) mass is 261 g/mol. The zero-order valence-electron chi connectivity index (χ0n) is 12.5. The fourth-order valence-corrected chi connectivity index (χ4v) is 2.21. The Bertz CT molecular complexity index is 571. The van der Waals surface area contributed by atoms with Crippen molar-refractivity contribution in [3.8, 4) is 0 Å². The minimum Gasteiger partial charge on any atom is -0.366 e. The zero-order valence-corrected chi connectivity index (χ0v) is 12.5. The quantitative estimate of drug-likeness (QED) is 0.899. The van der Waals surface area contributed by atoms with Gasteiger partial charge in [0.25, 0.3) is 0 Å². The second kappa shape index (κ2) is 5.55. The molecule has 0 fully saturated rings. The van der Waals surface area contributed by atoms with Gasteiger partial charge in [0.05, 0.1) is 5.69 Å². The van der Waals surface area contributed by atoms with Crippen LogP contribution in [0.15, 0.2) is 0 Å². The predicted octanol–water partition coefficient (Wildman–Crippen LogP) is 2.93. The number of fused-ring (bicyclic) bond motifs is 1. The molecule has 0 aliphatic rings. The predicted molar refractivity (Wildman–Crippen MR) is 78.5 cm³/mol. The summed E-state index contributed by atoms with van der Waals surface area (Å²) in [4.78, 5) is 9.34. The lowest BCUT2D eigenvalue weighted by Crippen LogP contribution is -2.14. The van der Waals surface area contributed by atoms with Crippen molar-refractivity contribution >= 4 is 16.9 Å². The molecule has 0 unspecified atom stereocenters. The van der Waals surface area contributed by atoms with Gasteiger partial charge in [-0.05, 0) is 34.1 Å². The lowest BCUT2D eigenvalue weighted by molar-refractivity contribution is 0.675. The van der Waals surface area contributed by atoms with Crippen molar-refractivity contribution in [2.24, 2.45) is 0 Å². The topological polar surface area (TPSA) is 55.6 Å². The Morgan fingerprint density at radius 2 is 1.95 bits per heavy atom. The molecular weight excluding hydrogens is 238 g/mol. The van der Waals surface area contributed by atoms with Crippen LogP contribution in [0.25, 0.3) is 11.0 Å². The molecule has 19 heavy (non-hydrogen) atoms. The van der Waals surface area contributed by atoms with Crippen molar-refractivity contribution in [2.75, 3.05) is 5.32 Å². The second-order valence-electron chi connectivity index (χ2n) is 5.14. The number of anilines is 1. The van der Waals surface area contributed by atoms with Crippen LogP contribution < -0.4 is 5.32 Å². The smallest absolute Gasteiger partial charge is 0.156 e. The van der Waals surface area contributed by atoms with Crippen LogP contribution in [0.3, 0.4) is 0 Å². The van der Waals surface area contributed by atoms with Crippen LogP contribution >= 0.6 is 0 Å². The first kappa shape index (κ1) is 13.8. The molecule has 0 radical (unpaired) electrons. The van der Waals surface area contributed by atoms with E-state index in [-0.39, 0.29) is 0 Å². The number of hydrogen-bond acceptors (Lipinski definition) is 4. The maximum absolute atomic E-state index is 4.67. The van der Waals surface area contributed by atoms with Gasteiger partial charge in [-0.2, -0.15) is 5.10 Å². The van der Waals surface area contributed by atoms with E-state index >= 15 is 0 Å². The highest BCUT2D eigenvalue weighted by Crippen LogP contribution is 2.24. The first-order valence-corrected chi connectivity index (χ1v) is 7.07. The van der Waals surface area contributed by atoms with Crippen molar-refractivity contribution in [2.45, 2.75) is 60.0 Å². The summed E-state index contributed by atoms with van der Waals surface area (Å²) in [5.41, 5.74) is 2.97. The molecular formula is C14H23N5. The molecule has 2 aromatic heterocycles. The lowest BCUT2D eigenvalue weighted by Gasteiger charge is -2.12. The van der Waals surface area contributed by atoms with E-state index in [1.54, 1.807) is 0 Å². The van der Waals surface area contributed by atoms with Gasteiger partial charge in [0, 0.05) is 19.0 Å². The van der Waals surface area contributed by atoms with Crippen molar-refractivity contribution in [3.05, 3.63) is 11.5 Å². The molecule has 1 N–H and O–H groups in total. The van der Waals surface area contributed by atoms with E-state index in [1.165, 1.54) is 0 Å². The molecule has 2 rings (SSSR count). The molecule has 0 bridgehead atoms. The third-order valence-corrected chi connectivity index (χ3v) is 3.00. The van der Waals surface area contributed by atoms with E-state index in [1.807, 2.05) is 11.6 Å². The Balaban J connectivity index is 2.65. The standard InChI is InChI=1S/C14H23N5/c1-6-8-11-16-12-10(5)18-19(7-2)13(12)14(17-11)15-9(3)4/h9H,6-8H2,1-5H3,(H,15,16,17). The fraction of sp³-hybridized carbons (Fsp3) is 0.643. The Morgan fingerprint density at radius 3 is 2.53 bits per heavy atom. The lowest BCUT2D eigenvalue weighted by atomic mass is 10.2. The van der Waals surface area contributed by atoms with E-state index < -0.39 is 0 Å². The van der Waals surface area contributed by atoms with E-state index in [0.717, 1.165) is 47.8 Å². The summed E-state index contributed by atoms with van der Waals surface area (Å²) >= 11 is 0. The summed E-state index contributed by atoms with van der Waals surface area (Å²) in [6.45, 7) is 11.3. The van der Waals surface area contributed by atoms with E-state index in [9.17, 15) is 0 Å². The summed E-state index contributed by atoms with van der Waals surface area (Å²) in [5.74, 6) is 1.81. The molecule has 5 heteroatoms.